The van der Waals surface area contributed by atoms with Gasteiger partial charge in [-0.1, -0.05) is 0 Å². The van der Waals surface area contributed by atoms with Crippen molar-refractivity contribution in [3.05, 3.63) is 21.9 Å². The number of nitrogens with zero attached hydrogens (tertiary/aromatic N) is 1. The van der Waals surface area contributed by atoms with E-state index in [1.807, 2.05) is 11.3 Å². The first kappa shape index (κ1) is 12.6. The molecule has 2 saturated heterocycles. The predicted octanol–water partition coefficient (Wildman–Crippen LogP) is 3.02. The van der Waals surface area contributed by atoms with Crippen LogP contribution in [0.3, 0.4) is 0 Å². The molecule has 2 atom stereocenters. The van der Waals surface area contributed by atoms with Crippen LogP contribution >= 0.6 is 11.3 Å². The third kappa shape index (κ3) is 2.49. The second kappa shape index (κ2) is 5.32. The smallest absolute Gasteiger partial charge is 0.0302 e. The van der Waals surface area contributed by atoms with Crippen LogP contribution in [0.25, 0.3) is 0 Å². The van der Waals surface area contributed by atoms with Crippen molar-refractivity contribution < 1.29 is 0 Å². The number of rotatable bonds is 4. The Kier molecular flexibility index (Phi) is 3.73. The summed E-state index contributed by atoms with van der Waals surface area (Å²) in [5, 5.41) is 5.87. The van der Waals surface area contributed by atoms with E-state index in [1.165, 1.54) is 42.7 Å². The van der Waals surface area contributed by atoms with Crippen LogP contribution < -0.4 is 5.32 Å². The van der Waals surface area contributed by atoms with Crippen molar-refractivity contribution in [1.82, 2.24) is 10.2 Å². The Hall–Kier alpha value is -0.380. The summed E-state index contributed by atoms with van der Waals surface area (Å²) < 4.78 is 0. The number of hydrogen-bond donors (Lipinski definition) is 1. The third-order valence-corrected chi connectivity index (χ3v) is 5.91. The highest BCUT2D eigenvalue weighted by molar-refractivity contribution is 7.10. The lowest BCUT2D eigenvalue weighted by Gasteiger charge is -2.36. The zero-order valence-electron chi connectivity index (χ0n) is 11.5. The highest BCUT2D eigenvalue weighted by Crippen LogP contribution is 2.37. The summed E-state index contributed by atoms with van der Waals surface area (Å²) in [6, 6.07) is 3.97. The second-order valence-electron chi connectivity index (χ2n) is 6.05. The van der Waals surface area contributed by atoms with Crippen LogP contribution in [0.4, 0.5) is 0 Å². The summed E-state index contributed by atoms with van der Waals surface area (Å²) in [5.74, 6) is 0.902. The molecule has 1 aromatic rings. The summed E-state index contributed by atoms with van der Waals surface area (Å²) in [4.78, 5) is 4.13. The van der Waals surface area contributed by atoms with E-state index in [4.69, 9.17) is 0 Å². The van der Waals surface area contributed by atoms with Gasteiger partial charge in [-0.3, -0.25) is 0 Å². The molecule has 0 aromatic carbocycles. The molecular formula is C15H24N2S. The number of nitrogens with one attached hydrogen (secondary N) is 1. The minimum atomic E-state index is 0.874. The molecule has 0 aliphatic carbocycles. The Morgan fingerprint density at radius 2 is 2.06 bits per heavy atom. The summed E-state index contributed by atoms with van der Waals surface area (Å²) >= 11 is 1.88. The first-order valence-electron chi connectivity index (χ1n) is 7.19. The molecule has 100 valence electrons. The largest absolute Gasteiger partial charge is 0.312 e. The van der Waals surface area contributed by atoms with Gasteiger partial charge < -0.3 is 10.2 Å². The molecule has 1 aromatic heterocycles. The SMILES string of the molecule is Cc1ccsc1CNCC1CC2CCC(C1)N2C. The molecule has 3 heterocycles. The number of fused-ring (bicyclic) bond motifs is 2. The normalized spacial score (nSPS) is 32.0. The van der Waals surface area contributed by atoms with Crippen molar-refractivity contribution in [2.24, 2.45) is 5.92 Å². The average Bonchev–Trinajstić information content (AvgIpc) is 2.82. The molecule has 2 aliphatic heterocycles. The highest BCUT2D eigenvalue weighted by atomic mass is 32.1. The van der Waals surface area contributed by atoms with Crippen LogP contribution in [0, 0.1) is 12.8 Å². The summed E-state index contributed by atoms with van der Waals surface area (Å²) in [6.07, 6.45) is 5.68. The van der Waals surface area contributed by atoms with E-state index in [0.717, 1.165) is 24.5 Å². The van der Waals surface area contributed by atoms with E-state index in [1.54, 1.807) is 0 Å². The zero-order chi connectivity index (χ0) is 12.5. The predicted molar refractivity (Wildman–Crippen MR) is 78.1 cm³/mol. The van der Waals surface area contributed by atoms with E-state index in [0.29, 0.717) is 0 Å². The first-order chi connectivity index (χ1) is 8.74. The number of hydrogen-bond acceptors (Lipinski definition) is 3. The lowest BCUT2D eigenvalue weighted by atomic mass is 9.91. The van der Waals surface area contributed by atoms with Gasteiger partial charge in [0.25, 0.3) is 0 Å². The van der Waals surface area contributed by atoms with Gasteiger partial charge in [-0.15, -0.1) is 11.3 Å². The Morgan fingerprint density at radius 1 is 1.33 bits per heavy atom. The van der Waals surface area contributed by atoms with Gasteiger partial charge in [0.15, 0.2) is 0 Å². The van der Waals surface area contributed by atoms with Crippen LogP contribution in [0.5, 0.6) is 0 Å². The van der Waals surface area contributed by atoms with Crippen molar-refractivity contribution in [1.29, 1.82) is 0 Å². The monoisotopic (exact) mass is 264 g/mol. The number of aryl methyl sites for hydroxylation is 1. The van der Waals surface area contributed by atoms with Gasteiger partial charge in [0, 0.05) is 23.5 Å². The van der Waals surface area contributed by atoms with E-state index < -0.39 is 0 Å². The molecule has 18 heavy (non-hydrogen) atoms. The van der Waals surface area contributed by atoms with Gasteiger partial charge in [-0.2, -0.15) is 0 Å². The van der Waals surface area contributed by atoms with Gasteiger partial charge in [0.1, 0.15) is 0 Å². The van der Waals surface area contributed by atoms with Crippen LogP contribution in [0.2, 0.25) is 0 Å². The maximum atomic E-state index is 3.67. The molecule has 2 bridgehead atoms. The molecule has 2 nitrogen and oxygen atoms in total. The van der Waals surface area contributed by atoms with Crippen molar-refractivity contribution >= 4 is 11.3 Å². The number of thiophene rings is 1. The quantitative estimate of drug-likeness (QED) is 0.899. The van der Waals surface area contributed by atoms with Crippen LogP contribution in [0.15, 0.2) is 11.4 Å². The summed E-state index contributed by atoms with van der Waals surface area (Å²) in [7, 11) is 2.32. The Morgan fingerprint density at radius 3 is 2.67 bits per heavy atom. The van der Waals surface area contributed by atoms with E-state index >= 15 is 0 Å². The second-order valence-corrected chi connectivity index (χ2v) is 7.05. The fourth-order valence-corrected chi connectivity index (χ4v) is 4.54. The van der Waals surface area contributed by atoms with Crippen LogP contribution in [-0.4, -0.2) is 30.6 Å². The fourth-order valence-electron chi connectivity index (χ4n) is 3.67. The van der Waals surface area contributed by atoms with Crippen molar-refractivity contribution in [3.8, 4) is 0 Å². The summed E-state index contributed by atoms with van der Waals surface area (Å²) in [5.41, 5.74) is 1.44. The minimum absolute atomic E-state index is 0.874. The standard InChI is InChI=1S/C15H24N2S/c1-11-5-6-18-15(11)10-16-9-12-7-13-3-4-14(8-12)17(13)2/h5-6,12-14,16H,3-4,7-10H2,1-2H3. The van der Waals surface area contributed by atoms with E-state index in [2.05, 4.69) is 35.6 Å². The maximum absolute atomic E-state index is 3.67. The molecule has 2 fully saturated rings. The van der Waals surface area contributed by atoms with Crippen LogP contribution in [-0.2, 0) is 6.54 Å². The molecule has 0 saturated carbocycles. The van der Waals surface area contributed by atoms with Crippen molar-refractivity contribution in [3.63, 3.8) is 0 Å². The van der Waals surface area contributed by atoms with Gasteiger partial charge in [0.2, 0.25) is 0 Å². The topological polar surface area (TPSA) is 15.3 Å². The fraction of sp³-hybridized carbons (Fsp3) is 0.733. The Labute approximate surface area is 114 Å². The first-order valence-corrected chi connectivity index (χ1v) is 8.07. The van der Waals surface area contributed by atoms with Gasteiger partial charge in [0.05, 0.1) is 0 Å². The summed E-state index contributed by atoms with van der Waals surface area (Å²) in [6.45, 7) is 4.48. The minimum Gasteiger partial charge on any atom is -0.312 e. The molecule has 3 rings (SSSR count). The lowest BCUT2D eigenvalue weighted by Crippen LogP contribution is -2.42. The van der Waals surface area contributed by atoms with Crippen LogP contribution in [0.1, 0.15) is 36.1 Å². The lowest BCUT2D eigenvalue weighted by molar-refractivity contribution is 0.133. The molecule has 0 amide bonds. The van der Waals surface area contributed by atoms with Crippen molar-refractivity contribution in [2.45, 2.75) is 51.2 Å². The van der Waals surface area contributed by atoms with E-state index in [9.17, 15) is 0 Å². The molecule has 0 radical (unpaired) electrons. The third-order valence-electron chi connectivity index (χ3n) is 4.88. The number of piperidine rings is 1. The molecule has 1 N–H and O–H groups in total. The van der Waals surface area contributed by atoms with E-state index in [-0.39, 0.29) is 0 Å². The van der Waals surface area contributed by atoms with Gasteiger partial charge in [-0.05, 0) is 69.1 Å². The molecule has 2 unspecified atom stereocenters. The molecule has 3 heteroatoms. The van der Waals surface area contributed by atoms with Gasteiger partial charge >= 0.3 is 0 Å². The Balaban J connectivity index is 1.46. The maximum Gasteiger partial charge on any atom is 0.0302 e. The Bertz CT molecular complexity index is 387. The average molecular weight is 264 g/mol. The molecule has 0 spiro atoms. The zero-order valence-corrected chi connectivity index (χ0v) is 12.3. The molecule has 2 aliphatic rings. The molecular weight excluding hydrogens is 240 g/mol. The highest BCUT2D eigenvalue weighted by Gasteiger charge is 2.37. The van der Waals surface area contributed by atoms with Gasteiger partial charge in [-0.25, -0.2) is 0 Å². The van der Waals surface area contributed by atoms with Crippen molar-refractivity contribution in [2.75, 3.05) is 13.6 Å².